The predicted octanol–water partition coefficient (Wildman–Crippen LogP) is 6.40. The third kappa shape index (κ3) is 5.97. The summed E-state index contributed by atoms with van der Waals surface area (Å²) in [7, 11) is 0. The van der Waals surface area contributed by atoms with Gasteiger partial charge in [-0.2, -0.15) is 5.10 Å². The van der Waals surface area contributed by atoms with Crippen LogP contribution in [0.4, 0.5) is 8.78 Å². The Labute approximate surface area is 248 Å². The Morgan fingerprint density at radius 2 is 1.86 bits per heavy atom. The van der Waals surface area contributed by atoms with Crippen LogP contribution in [-0.2, 0) is 22.5 Å². The predicted molar refractivity (Wildman–Crippen MR) is 157 cm³/mol. The van der Waals surface area contributed by atoms with Crippen molar-refractivity contribution in [2.75, 3.05) is 6.61 Å². The lowest BCUT2D eigenvalue weighted by Gasteiger charge is -2.29. The first-order valence-corrected chi connectivity index (χ1v) is 14.2. The molecule has 0 saturated carbocycles. The zero-order valence-electron chi connectivity index (χ0n) is 25.1. The third-order valence-electron chi connectivity index (χ3n) is 7.57. The number of carboxylic acids is 1. The highest BCUT2D eigenvalue weighted by atomic mass is 19.1. The fraction of sp³-hybridized carbons (Fsp3) is 0.364. The summed E-state index contributed by atoms with van der Waals surface area (Å²) in [6.07, 6.45) is 1.59. The lowest BCUT2D eigenvalue weighted by atomic mass is 9.87. The van der Waals surface area contributed by atoms with Crippen LogP contribution in [0.25, 0.3) is 16.6 Å². The number of pyridine rings is 1. The van der Waals surface area contributed by atoms with Gasteiger partial charge in [0.2, 0.25) is 0 Å². The summed E-state index contributed by atoms with van der Waals surface area (Å²) in [5.74, 6) is -2.34. The minimum Gasteiger partial charge on any atom is -0.490 e. The molecule has 43 heavy (non-hydrogen) atoms. The molecule has 0 saturated heterocycles. The van der Waals surface area contributed by atoms with Gasteiger partial charge in [0.15, 0.2) is 23.4 Å². The molecular weight excluding hydrogens is 556 g/mol. The van der Waals surface area contributed by atoms with Crippen LogP contribution < -0.4 is 10.1 Å². The number of aromatic nitrogens is 2. The van der Waals surface area contributed by atoms with E-state index < -0.39 is 29.4 Å². The molecule has 4 aromatic rings. The number of ether oxygens (including phenoxy) is 2. The molecule has 0 fully saturated rings. The van der Waals surface area contributed by atoms with Gasteiger partial charge in [-0.25, -0.2) is 18.1 Å². The summed E-state index contributed by atoms with van der Waals surface area (Å²) in [5, 5.41) is 17.7. The first kappa shape index (κ1) is 30.2. The summed E-state index contributed by atoms with van der Waals surface area (Å²) >= 11 is 0. The molecule has 2 aromatic heterocycles. The van der Waals surface area contributed by atoms with E-state index in [9.17, 15) is 19.1 Å². The fourth-order valence-corrected chi connectivity index (χ4v) is 5.59. The molecule has 1 aliphatic rings. The van der Waals surface area contributed by atoms with Crippen molar-refractivity contribution in [3.63, 3.8) is 0 Å². The largest absolute Gasteiger partial charge is 0.490 e. The van der Waals surface area contributed by atoms with Gasteiger partial charge in [-0.15, -0.1) is 0 Å². The van der Waals surface area contributed by atoms with Gasteiger partial charge in [0, 0.05) is 29.4 Å². The van der Waals surface area contributed by atoms with E-state index in [-0.39, 0.29) is 23.8 Å². The summed E-state index contributed by atoms with van der Waals surface area (Å²) < 4.78 is 42.4. The van der Waals surface area contributed by atoms with Crippen LogP contribution in [0.15, 0.2) is 36.5 Å². The number of nitrogens with one attached hydrogen (secondary N) is 1. The van der Waals surface area contributed by atoms with Crippen molar-refractivity contribution in [1.82, 2.24) is 14.9 Å². The average Bonchev–Trinajstić information content (AvgIpc) is 3.37. The number of hydrogen-bond donors (Lipinski definition) is 2. The zero-order valence-corrected chi connectivity index (χ0v) is 25.1. The molecule has 1 unspecified atom stereocenters. The molecule has 2 N–H and O–H groups in total. The molecule has 2 aromatic carbocycles. The van der Waals surface area contributed by atoms with Crippen molar-refractivity contribution in [2.24, 2.45) is 0 Å². The molecular formula is C33H35F2N3O5. The Kier molecular flexibility index (Phi) is 8.00. The molecule has 3 heterocycles. The molecule has 1 amide bonds. The lowest BCUT2D eigenvalue weighted by Crippen LogP contribution is -2.28. The minimum absolute atomic E-state index is 0.0830. The Morgan fingerprint density at radius 3 is 2.53 bits per heavy atom. The van der Waals surface area contributed by atoms with Crippen molar-refractivity contribution in [3.05, 3.63) is 87.2 Å². The number of nitrogens with zero attached hydrogens (tertiary/aromatic N) is 2. The van der Waals surface area contributed by atoms with Gasteiger partial charge in [-0.1, -0.05) is 12.1 Å². The number of fused-ring (bicyclic) bond motifs is 2. The first-order valence-electron chi connectivity index (χ1n) is 14.2. The number of amides is 1. The maximum atomic E-state index is 15.5. The van der Waals surface area contributed by atoms with Crippen molar-refractivity contribution < 1.29 is 33.0 Å². The molecule has 0 spiro atoms. The van der Waals surface area contributed by atoms with Crippen molar-refractivity contribution in [1.29, 1.82) is 0 Å². The third-order valence-corrected chi connectivity index (χ3v) is 7.57. The second kappa shape index (κ2) is 11.4. The monoisotopic (exact) mass is 591 g/mol. The number of carbonyl (C=O) groups is 2. The number of carboxylic acid groups (broad SMARTS) is 1. The van der Waals surface area contributed by atoms with E-state index in [1.165, 1.54) is 16.6 Å². The SMILES string of the molecule is Cc1cc(CNC(=O)c2cc3c(-c4cc(F)c5c(c4C)CCCO5)c(C(OC(C)(C)C)C(=O)O)c(C)cn3n2)ccc1F. The number of aliphatic carboxylic acids is 1. The molecule has 0 bridgehead atoms. The first-order chi connectivity index (χ1) is 20.2. The highest BCUT2D eigenvalue weighted by Crippen LogP contribution is 2.43. The van der Waals surface area contributed by atoms with Crippen LogP contribution in [0.1, 0.15) is 77.2 Å². The number of aryl methyl sites for hydroxylation is 2. The summed E-state index contributed by atoms with van der Waals surface area (Å²) in [6, 6.07) is 7.52. The quantitative estimate of drug-likeness (QED) is 0.258. The molecule has 0 aliphatic carbocycles. The van der Waals surface area contributed by atoms with Crippen LogP contribution in [-0.4, -0.2) is 38.8 Å². The number of halogens is 2. The second-order valence-electron chi connectivity index (χ2n) is 12.0. The van der Waals surface area contributed by atoms with Crippen LogP contribution in [0.5, 0.6) is 5.75 Å². The number of rotatable bonds is 7. The Balaban J connectivity index is 1.69. The highest BCUT2D eigenvalue weighted by Gasteiger charge is 2.34. The smallest absolute Gasteiger partial charge is 0.337 e. The second-order valence-corrected chi connectivity index (χ2v) is 12.0. The van der Waals surface area contributed by atoms with Crippen LogP contribution in [0, 0.1) is 32.4 Å². The van der Waals surface area contributed by atoms with Gasteiger partial charge in [-0.3, -0.25) is 4.79 Å². The van der Waals surface area contributed by atoms with Crippen molar-refractivity contribution in [3.8, 4) is 16.9 Å². The van der Waals surface area contributed by atoms with Crippen LogP contribution >= 0.6 is 0 Å². The average molecular weight is 592 g/mol. The fourth-order valence-electron chi connectivity index (χ4n) is 5.59. The van der Waals surface area contributed by atoms with E-state index in [0.29, 0.717) is 46.4 Å². The van der Waals surface area contributed by atoms with Gasteiger partial charge >= 0.3 is 5.97 Å². The Bertz CT molecular complexity index is 1760. The van der Waals surface area contributed by atoms with Gasteiger partial charge in [0.1, 0.15) is 5.82 Å². The number of hydrogen-bond acceptors (Lipinski definition) is 5. The van der Waals surface area contributed by atoms with E-state index in [0.717, 1.165) is 23.1 Å². The maximum absolute atomic E-state index is 15.5. The van der Waals surface area contributed by atoms with E-state index in [2.05, 4.69) is 10.4 Å². The molecule has 0 radical (unpaired) electrons. The van der Waals surface area contributed by atoms with Gasteiger partial charge in [0.05, 0.1) is 17.7 Å². The normalized spacial score (nSPS) is 13.9. The van der Waals surface area contributed by atoms with E-state index >= 15 is 4.39 Å². The zero-order chi connectivity index (χ0) is 31.2. The Hall–Kier alpha value is -4.31. The summed E-state index contributed by atoms with van der Waals surface area (Å²) in [6.45, 7) is 11.1. The number of benzene rings is 2. The summed E-state index contributed by atoms with van der Waals surface area (Å²) in [4.78, 5) is 25.9. The topological polar surface area (TPSA) is 102 Å². The van der Waals surface area contributed by atoms with Crippen molar-refractivity contribution in [2.45, 2.75) is 72.6 Å². The maximum Gasteiger partial charge on any atom is 0.337 e. The van der Waals surface area contributed by atoms with Gasteiger partial charge in [-0.05, 0) is 100 Å². The van der Waals surface area contributed by atoms with E-state index in [1.54, 1.807) is 59.0 Å². The molecule has 226 valence electrons. The highest BCUT2D eigenvalue weighted by molar-refractivity contribution is 5.97. The van der Waals surface area contributed by atoms with E-state index in [4.69, 9.17) is 9.47 Å². The van der Waals surface area contributed by atoms with Crippen LogP contribution in [0.3, 0.4) is 0 Å². The Morgan fingerprint density at radius 1 is 1.12 bits per heavy atom. The molecule has 10 heteroatoms. The lowest BCUT2D eigenvalue weighted by molar-refractivity contribution is -0.160. The molecule has 1 atom stereocenters. The number of carbonyl (C=O) groups excluding carboxylic acids is 1. The van der Waals surface area contributed by atoms with Gasteiger partial charge in [0.25, 0.3) is 5.91 Å². The minimum atomic E-state index is -1.39. The molecule has 1 aliphatic heterocycles. The molecule has 5 rings (SSSR count). The standard InChI is InChI=1S/C33H35F2N3O5/c1-17-12-20(9-10-23(17)34)15-36-31(39)25-14-26-28(22-13-24(35)29-21(19(22)3)8-7-11-42-29)27(18(2)16-38(26)37-25)30(32(40)41)43-33(4,5)6/h9-10,12-14,16,30H,7-8,11,15H2,1-6H3,(H,36,39)(H,40,41). The van der Waals surface area contributed by atoms with E-state index in [1.807, 2.05) is 6.92 Å². The van der Waals surface area contributed by atoms with Crippen molar-refractivity contribution >= 4 is 17.4 Å². The summed E-state index contributed by atoms with van der Waals surface area (Å²) in [5.41, 5.74) is 4.15. The van der Waals surface area contributed by atoms with Gasteiger partial charge < -0.3 is 19.9 Å². The molecule has 8 nitrogen and oxygen atoms in total. The van der Waals surface area contributed by atoms with Crippen LogP contribution in [0.2, 0.25) is 0 Å².